The van der Waals surface area contributed by atoms with E-state index in [2.05, 4.69) is 93.0 Å². The zero-order valence-corrected chi connectivity index (χ0v) is 26.5. The van der Waals surface area contributed by atoms with Gasteiger partial charge in [-0.2, -0.15) is 15.8 Å². The van der Waals surface area contributed by atoms with E-state index in [-0.39, 0.29) is 0 Å². The van der Waals surface area contributed by atoms with Crippen molar-refractivity contribution in [3.05, 3.63) is 163 Å². The average molecular weight is 637 g/mol. The molecule has 3 heterocycles. The van der Waals surface area contributed by atoms with Gasteiger partial charge in [0.1, 0.15) is 0 Å². The van der Waals surface area contributed by atoms with Crippen LogP contribution < -0.4 is 0 Å². The molecule has 0 saturated carbocycles. The van der Waals surface area contributed by atoms with Crippen LogP contribution in [0.5, 0.6) is 0 Å². The van der Waals surface area contributed by atoms with Crippen LogP contribution >= 0.6 is 0 Å². The van der Waals surface area contributed by atoms with E-state index in [1.807, 2.05) is 85.2 Å². The molecule has 0 spiro atoms. The monoisotopic (exact) mass is 636 g/mol. The number of benzene rings is 6. The third-order valence-corrected chi connectivity index (χ3v) is 9.46. The Labute approximate surface area is 287 Å². The minimum absolute atomic E-state index is 0.555. The zero-order chi connectivity index (χ0) is 33.8. The normalized spacial score (nSPS) is 11.1. The van der Waals surface area contributed by atoms with Crippen LogP contribution in [0.15, 0.2) is 146 Å². The Balaban J connectivity index is 1.41. The molecule has 0 radical (unpaired) electrons. The number of nitriles is 3. The first kappa shape index (κ1) is 28.7. The Morgan fingerprint density at radius 2 is 0.980 bits per heavy atom. The molecule has 9 aromatic rings. The number of pyridine rings is 1. The quantitative estimate of drug-likeness (QED) is 0.192. The Bertz CT molecular complexity index is 2850. The molecule has 230 valence electrons. The summed E-state index contributed by atoms with van der Waals surface area (Å²) in [6, 6.07) is 51.3. The van der Waals surface area contributed by atoms with E-state index in [1.165, 1.54) is 0 Å². The molecule has 6 aromatic carbocycles. The van der Waals surface area contributed by atoms with Gasteiger partial charge in [-0.25, -0.2) is 0 Å². The fraction of sp³-hybridized carbons (Fsp3) is 0. The van der Waals surface area contributed by atoms with E-state index in [9.17, 15) is 15.8 Å². The second-order valence-electron chi connectivity index (χ2n) is 12.2. The van der Waals surface area contributed by atoms with Gasteiger partial charge in [-0.1, -0.05) is 54.6 Å². The van der Waals surface area contributed by atoms with Crippen LogP contribution in [0.1, 0.15) is 16.7 Å². The minimum Gasteiger partial charge on any atom is -0.309 e. The number of hydrogen-bond acceptors (Lipinski definition) is 4. The Morgan fingerprint density at radius 1 is 0.420 bits per heavy atom. The van der Waals surface area contributed by atoms with Gasteiger partial charge >= 0.3 is 0 Å². The van der Waals surface area contributed by atoms with Crippen molar-refractivity contribution in [1.82, 2.24) is 14.1 Å². The van der Waals surface area contributed by atoms with Crippen molar-refractivity contribution in [2.45, 2.75) is 0 Å². The number of rotatable bonds is 4. The maximum absolute atomic E-state index is 9.79. The first-order valence-corrected chi connectivity index (χ1v) is 16.1. The summed E-state index contributed by atoms with van der Waals surface area (Å²) in [6.07, 6.45) is 3.74. The molecule has 0 atom stereocenters. The molecular weight excluding hydrogens is 613 g/mol. The fourth-order valence-corrected chi connectivity index (χ4v) is 7.29. The molecule has 0 fully saturated rings. The van der Waals surface area contributed by atoms with Crippen molar-refractivity contribution < 1.29 is 0 Å². The van der Waals surface area contributed by atoms with E-state index in [1.54, 1.807) is 0 Å². The molecular formula is C44H24N6. The molecule has 6 nitrogen and oxygen atoms in total. The molecule has 9 rings (SSSR count). The fourth-order valence-electron chi connectivity index (χ4n) is 7.29. The third kappa shape index (κ3) is 4.44. The van der Waals surface area contributed by atoms with Gasteiger partial charge < -0.3 is 9.13 Å². The molecule has 0 aliphatic heterocycles. The summed E-state index contributed by atoms with van der Waals surface area (Å²) in [6.45, 7) is 0. The standard InChI is InChI=1S/C44H24N6/c45-24-28-6-5-7-31(18-28)35-8-1-2-9-36(35)32-21-33(23-34(22-32)50-41-11-4-3-10-37(41)38-16-17-48-27-44(38)50)49-42-14-12-29(25-46)19-39(42)40-20-30(26-47)13-15-43(40)49/h1-23,27H. The van der Waals surface area contributed by atoms with Crippen LogP contribution in [0, 0.1) is 34.0 Å². The Kier molecular flexibility index (Phi) is 6.53. The predicted molar refractivity (Wildman–Crippen MR) is 198 cm³/mol. The second-order valence-corrected chi connectivity index (χ2v) is 12.2. The van der Waals surface area contributed by atoms with Gasteiger partial charge in [-0.3, -0.25) is 4.98 Å². The highest BCUT2D eigenvalue weighted by atomic mass is 15.0. The molecule has 0 amide bonds. The number of para-hydroxylation sites is 1. The smallest absolute Gasteiger partial charge is 0.0991 e. The van der Waals surface area contributed by atoms with E-state index in [0.717, 1.165) is 77.2 Å². The number of aromatic nitrogens is 3. The minimum atomic E-state index is 0.555. The Hall–Kier alpha value is -7.46. The molecule has 0 unspecified atom stereocenters. The van der Waals surface area contributed by atoms with E-state index < -0.39 is 0 Å². The molecule has 3 aromatic heterocycles. The summed E-state index contributed by atoms with van der Waals surface area (Å²) in [7, 11) is 0. The Morgan fingerprint density at radius 3 is 1.66 bits per heavy atom. The van der Waals surface area contributed by atoms with Crippen LogP contribution in [0.2, 0.25) is 0 Å². The lowest BCUT2D eigenvalue weighted by Crippen LogP contribution is -2.00. The zero-order valence-electron chi connectivity index (χ0n) is 26.5. The van der Waals surface area contributed by atoms with Crippen LogP contribution in [0.3, 0.4) is 0 Å². The largest absolute Gasteiger partial charge is 0.309 e. The molecule has 50 heavy (non-hydrogen) atoms. The average Bonchev–Trinajstić information content (AvgIpc) is 3.70. The van der Waals surface area contributed by atoms with Crippen molar-refractivity contribution in [3.8, 4) is 51.8 Å². The maximum atomic E-state index is 9.79. The highest BCUT2D eigenvalue weighted by molar-refractivity contribution is 6.11. The van der Waals surface area contributed by atoms with Gasteiger partial charge in [0.25, 0.3) is 0 Å². The lowest BCUT2D eigenvalue weighted by molar-refractivity contribution is 1.13. The number of hydrogen-bond donors (Lipinski definition) is 0. The predicted octanol–water partition coefficient (Wildman–Crippen LogP) is 10.2. The van der Waals surface area contributed by atoms with Gasteiger partial charge in [0.05, 0.1) is 63.2 Å². The van der Waals surface area contributed by atoms with Crippen LogP contribution in [0.4, 0.5) is 0 Å². The number of fused-ring (bicyclic) bond motifs is 6. The van der Waals surface area contributed by atoms with Crippen LogP contribution in [-0.2, 0) is 0 Å². The van der Waals surface area contributed by atoms with E-state index in [4.69, 9.17) is 0 Å². The van der Waals surface area contributed by atoms with Gasteiger partial charge in [0, 0.05) is 39.1 Å². The first-order valence-electron chi connectivity index (χ1n) is 16.1. The van der Waals surface area contributed by atoms with Gasteiger partial charge in [0.2, 0.25) is 0 Å². The molecule has 0 aliphatic carbocycles. The van der Waals surface area contributed by atoms with Gasteiger partial charge in [-0.05, 0) is 101 Å². The van der Waals surface area contributed by atoms with Crippen LogP contribution in [-0.4, -0.2) is 14.1 Å². The van der Waals surface area contributed by atoms with Gasteiger partial charge in [-0.15, -0.1) is 0 Å². The van der Waals surface area contributed by atoms with E-state index >= 15 is 0 Å². The van der Waals surface area contributed by atoms with Gasteiger partial charge in [0.15, 0.2) is 0 Å². The summed E-state index contributed by atoms with van der Waals surface area (Å²) >= 11 is 0. The molecule has 0 N–H and O–H groups in total. The summed E-state index contributed by atoms with van der Waals surface area (Å²) in [5, 5.41) is 33.3. The van der Waals surface area contributed by atoms with E-state index in [0.29, 0.717) is 16.7 Å². The topological polar surface area (TPSA) is 94.1 Å². The lowest BCUT2D eigenvalue weighted by Gasteiger charge is -2.17. The molecule has 0 saturated heterocycles. The SMILES string of the molecule is N#Cc1cccc(-c2ccccc2-c2cc(-n3c4ccc(C#N)cc4c4cc(C#N)ccc43)cc(-n3c4ccccc4c4ccncc43)c2)c1. The lowest BCUT2D eigenvalue weighted by atomic mass is 9.93. The second kappa shape index (κ2) is 11.4. The molecule has 0 bridgehead atoms. The summed E-state index contributed by atoms with van der Waals surface area (Å²) in [5.74, 6) is 0. The molecule has 0 aliphatic rings. The third-order valence-electron chi connectivity index (χ3n) is 9.46. The number of nitrogens with zero attached hydrogens (tertiary/aromatic N) is 6. The first-order chi connectivity index (χ1) is 24.6. The highest BCUT2D eigenvalue weighted by Crippen LogP contribution is 2.40. The van der Waals surface area contributed by atoms with Crippen molar-refractivity contribution in [2.75, 3.05) is 0 Å². The summed E-state index contributed by atoms with van der Waals surface area (Å²) < 4.78 is 4.48. The van der Waals surface area contributed by atoms with Crippen molar-refractivity contribution in [2.24, 2.45) is 0 Å². The highest BCUT2D eigenvalue weighted by Gasteiger charge is 2.19. The van der Waals surface area contributed by atoms with Crippen LogP contribution in [0.25, 0.3) is 77.2 Å². The maximum Gasteiger partial charge on any atom is 0.0991 e. The van der Waals surface area contributed by atoms with Crippen molar-refractivity contribution >= 4 is 43.6 Å². The van der Waals surface area contributed by atoms with Crippen molar-refractivity contribution in [3.63, 3.8) is 0 Å². The van der Waals surface area contributed by atoms with Crippen molar-refractivity contribution in [1.29, 1.82) is 15.8 Å². The summed E-state index contributed by atoms with van der Waals surface area (Å²) in [5.41, 5.74) is 11.5. The molecule has 6 heteroatoms. The summed E-state index contributed by atoms with van der Waals surface area (Å²) in [4.78, 5) is 4.53.